The third kappa shape index (κ3) is 4.21. The summed E-state index contributed by atoms with van der Waals surface area (Å²) < 4.78 is 5.24. The molecule has 3 amide bonds. The number of benzene rings is 3. The van der Waals surface area contributed by atoms with Gasteiger partial charge in [-0.2, -0.15) is 0 Å². The summed E-state index contributed by atoms with van der Waals surface area (Å²) in [5, 5.41) is 2.81. The molecule has 5 aliphatic rings. The summed E-state index contributed by atoms with van der Waals surface area (Å²) in [6, 6.07) is 20.9. The smallest absolute Gasteiger partial charge is 0.338 e. The first kappa shape index (κ1) is 24.8. The van der Waals surface area contributed by atoms with Crippen LogP contribution < -0.4 is 10.2 Å². The minimum Gasteiger partial charge on any atom is -0.452 e. The number of carbonyl (C=O) groups excluding carboxylic acids is 4. The maximum atomic E-state index is 12.8. The molecule has 0 saturated heterocycles. The van der Waals surface area contributed by atoms with Crippen molar-refractivity contribution in [3.8, 4) is 0 Å². The van der Waals surface area contributed by atoms with E-state index in [1.165, 1.54) is 56.2 Å². The normalized spacial score (nSPS) is 26.1. The molecule has 202 valence electrons. The van der Waals surface area contributed by atoms with E-state index >= 15 is 0 Å². The Hall–Kier alpha value is -4.26. The number of fused-ring (bicyclic) bond motifs is 1. The highest BCUT2D eigenvalue weighted by Gasteiger charge is 2.51. The van der Waals surface area contributed by atoms with Crippen molar-refractivity contribution in [3.63, 3.8) is 0 Å². The zero-order valence-corrected chi connectivity index (χ0v) is 22.1. The molecule has 0 aromatic heterocycles. The molecule has 40 heavy (non-hydrogen) atoms. The number of hydrogen-bond acceptors (Lipinski definition) is 5. The molecule has 0 atom stereocenters. The molecular formula is C33H30N2O5. The summed E-state index contributed by atoms with van der Waals surface area (Å²) in [6.07, 6.45) is 8.07. The van der Waals surface area contributed by atoms with E-state index in [1.807, 2.05) is 12.1 Å². The predicted octanol–water partition coefficient (Wildman–Crippen LogP) is 5.75. The molecule has 1 aliphatic heterocycles. The number of ether oxygens (including phenoxy) is 1. The van der Waals surface area contributed by atoms with Gasteiger partial charge in [-0.25, -0.2) is 9.69 Å². The molecule has 1 N–H and O–H groups in total. The Labute approximate surface area is 232 Å². The van der Waals surface area contributed by atoms with Gasteiger partial charge >= 0.3 is 5.97 Å². The van der Waals surface area contributed by atoms with Gasteiger partial charge in [0, 0.05) is 5.69 Å². The summed E-state index contributed by atoms with van der Waals surface area (Å²) in [7, 11) is 0. The van der Waals surface area contributed by atoms with Crippen molar-refractivity contribution in [2.45, 2.75) is 43.9 Å². The largest absolute Gasteiger partial charge is 0.452 e. The van der Waals surface area contributed by atoms with E-state index < -0.39 is 30.3 Å². The molecule has 3 aromatic carbocycles. The highest BCUT2D eigenvalue weighted by atomic mass is 16.5. The van der Waals surface area contributed by atoms with Gasteiger partial charge in [-0.15, -0.1) is 0 Å². The SMILES string of the molecule is O=C(COC(=O)c1cccc(N2C(=O)c3ccccc3C2=O)c1)Nc1ccc(C23CC4CC(CC(C4)C2)C3)cc1. The van der Waals surface area contributed by atoms with Crippen LogP contribution in [0.2, 0.25) is 0 Å². The van der Waals surface area contributed by atoms with Crippen molar-refractivity contribution in [2.75, 3.05) is 16.8 Å². The van der Waals surface area contributed by atoms with Gasteiger partial charge in [-0.3, -0.25) is 14.4 Å². The Kier molecular flexibility index (Phi) is 5.84. The quantitative estimate of drug-likeness (QED) is 0.321. The van der Waals surface area contributed by atoms with Crippen LogP contribution >= 0.6 is 0 Å². The first-order chi connectivity index (χ1) is 19.4. The zero-order chi connectivity index (χ0) is 27.4. The number of nitrogens with one attached hydrogen (secondary N) is 1. The monoisotopic (exact) mass is 534 g/mol. The van der Waals surface area contributed by atoms with Crippen molar-refractivity contribution >= 4 is 35.1 Å². The topological polar surface area (TPSA) is 92.8 Å². The Balaban J connectivity index is 0.969. The summed E-state index contributed by atoms with van der Waals surface area (Å²) >= 11 is 0. The van der Waals surface area contributed by atoms with E-state index in [0.29, 0.717) is 22.2 Å². The Morgan fingerprint density at radius 2 is 1.40 bits per heavy atom. The minimum atomic E-state index is -0.717. The maximum absolute atomic E-state index is 12.8. The summed E-state index contributed by atoms with van der Waals surface area (Å²) in [6.45, 7) is -0.452. The van der Waals surface area contributed by atoms with Gasteiger partial charge in [0.2, 0.25) is 0 Å². The fourth-order valence-electron chi connectivity index (χ4n) is 7.98. The number of hydrogen-bond donors (Lipinski definition) is 1. The van der Waals surface area contributed by atoms with Gasteiger partial charge in [0.05, 0.1) is 22.4 Å². The number of amides is 3. The van der Waals surface area contributed by atoms with Crippen molar-refractivity contribution < 1.29 is 23.9 Å². The van der Waals surface area contributed by atoms with Crippen LogP contribution in [0.4, 0.5) is 11.4 Å². The number of imide groups is 1. The Morgan fingerprint density at radius 3 is 2.00 bits per heavy atom. The van der Waals surface area contributed by atoms with Crippen LogP contribution in [-0.2, 0) is 14.9 Å². The van der Waals surface area contributed by atoms with E-state index in [2.05, 4.69) is 17.4 Å². The summed E-state index contributed by atoms with van der Waals surface area (Å²) in [4.78, 5) is 51.9. The molecule has 4 aliphatic carbocycles. The van der Waals surface area contributed by atoms with Crippen LogP contribution in [-0.4, -0.2) is 30.3 Å². The second-order valence-corrected chi connectivity index (χ2v) is 11.9. The lowest BCUT2D eigenvalue weighted by Crippen LogP contribution is -2.48. The van der Waals surface area contributed by atoms with Gasteiger partial charge in [0.15, 0.2) is 6.61 Å². The first-order valence-corrected chi connectivity index (χ1v) is 14.0. The predicted molar refractivity (Wildman–Crippen MR) is 149 cm³/mol. The second kappa shape index (κ2) is 9.44. The number of nitrogens with zero attached hydrogens (tertiary/aromatic N) is 1. The Bertz CT molecular complexity index is 1470. The van der Waals surface area contributed by atoms with E-state index in [9.17, 15) is 19.2 Å². The van der Waals surface area contributed by atoms with Crippen LogP contribution in [0.15, 0.2) is 72.8 Å². The molecule has 3 aromatic rings. The number of carbonyl (C=O) groups is 4. The maximum Gasteiger partial charge on any atom is 0.338 e. The summed E-state index contributed by atoms with van der Waals surface area (Å²) in [5.41, 5.74) is 3.40. The lowest BCUT2D eigenvalue weighted by molar-refractivity contribution is -0.119. The molecule has 4 bridgehead atoms. The number of esters is 1. The van der Waals surface area contributed by atoms with Crippen molar-refractivity contribution in [1.82, 2.24) is 0 Å². The second-order valence-electron chi connectivity index (χ2n) is 11.9. The Morgan fingerprint density at radius 1 is 0.800 bits per heavy atom. The van der Waals surface area contributed by atoms with Crippen molar-refractivity contribution in [1.29, 1.82) is 0 Å². The van der Waals surface area contributed by atoms with Gasteiger partial charge in [-0.1, -0.05) is 30.3 Å². The van der Waals surface area contributed by atoms with Gasteiger partial charge < -0.3 is 10.1 Å². The van der Waals surface area contributed by atoms with Gasteiger partial charge in [0.1, 0.15) is 0 Å². The lowest BCUT2D eigenvalue weighted by atomic mass is 9.48. The molecule has 0 unspecified atom stereocenters. The summed E-state index contributed by atoms with van der Waals surface area (Å²) in [5.74, 6) is 0.563. The van der Waals surface area contributed by atoms with Crippen molar-refractivity contribution in [3.05, 3.63) is 95.1 Å². The van der Waals surface area contributed by atoms with Crippen LogP contribution in [0.5, 0.6) is 0 Å². The average molecular weight is 535 g/mol. The van der Waals surface area contributed by atoms with E-state index in [0.717, 1.165) is 22.7 Å². The third-order valence-electron chi connectivity index (χ3n) is 9.29. The molecule has 4 fully saturated rings. The van der Waals surface area contributed by atoms with E-state index in [-0.39, 0.29) is 11.3 Å². The molecule has 8 rings (SSSR count). The molecule has 4 saturated carbocycles. The zero-order valence-electron chi connectivity index (χ0n) is 22.1. The van der Waals surface area contributed by atoms with Gasteiger partial charge in [-0.05, 0) is 110 Å². The molecule has 7 heteroatoms. The molecule has 0 radical (unpaired) electrons. The van der Waals surface area contributed by atoms with E-state index in [4.69, 9.17) is 4.74 Å². The van der Waals surface area contributed by atoms with Crippen LogP contribution in [0.3, 0.4) is 0 Å². The third-order valence-corrected chi connectivity index (χ3v) is 9.29. The van der Waals surface area contributed by atoms with Crippen molar-refractivity contribution in [2.24, 2.45) is 17.8 Å². The standard InChI is InChI=1S/C33H30N2O5/c36-29(34-25-10-8-24(9-11-25)33-16-20-12-21(17-33)14-22(13-20)18-33)19-40-32(39)23-4-3-5-26(15-23)35-30(37)27-6-1-2-7-28(27)31(35)38/h1-11,15,20-22H,12-14,16-19H2,(H,34,36). The molecule has 7 nitrogen and oxygen atoms in total. The molecular weight excluding hydrogens is 504 g/mol. The van der Waals surface area contributed by atoms with Crippen LogP contribution in [0, 0.1) is 17.8 Å². The lowest BCUT2D eigenvalue weighted by Gasteiger charge is -2.57. The average Bonchev–Trinajstić information content (AvgIpc) is 3.21. The fraction of sp³-hybridized carbons (Fsp3) is 0.333. The van der Waals surface area contributed by atoms with Crippen LogP contribution in [0.1, 0.15) is 75.2 Å². The van der Waals surface area contributed by atoms with Gasteiger partial charge in [0.25, 0.3) is 17.7 Å². The number of anilines is 2. The number of rotatable bonds is 6. The fourth-order valence-corrected chi connectivity index (χ4v) is 7.98. The van der Waals surface area contributed by atoms with Crippen LogP contribution in [0.25, 0.3) is 0 Å². The highest BCUT2D eigenvalue weighted by Crippen LogP contribution is 2.60. The van der Waals surface area contributed by atoms with E-state index in [1.54, 1.807) is 36.4 Å². The highest BCUT2D eigenvalue weighted by molar-refractivity contribution is 6.34. The molecule has 1 heterocycles. The molecule has 0 spiro atoms. The first-order valence-electron chi connectivity index (χ1n) is 14.0. The minimum absolute atomic E-state index is 0.141.